The van der Waals surface area contributed by atoms with Gasteiger partial charge in [-0.2, -0.15) is 0 Å². The molecule has 1 atom stereocenters. The predicted octanol–water partition coefficient (Wildman–Crippen LogP) is 4.30. The van der Waals surface area contributed by atoms with Gasteiger partial charge in [0.05, 0.1) is 17.4 Å². The maximum absolute atomic E-state index is 6.68. The van der Waals surface area contributed by atoms with Gasteiger partial charge in [-0.05, 0) is 42.7 Å². The number of aromatic nitrogens is 2. The molecule has 0 spiro atoms. The van der Waals surface area contributed by atoms with Gasteiger partial charge < -0.3 is 10.1 Å². The lowest BCUT2D eigenvalue weighted by atomic mass is 9.87. The van der Waals surface area contributed by atoms with Gasteiger partial charge in [-0.3, -0.25) is 0 Å². The second kappa shape index (κ2) is 5.50. The minimum Gasteiger partial charge on any atom is -0.319 e. The first-order valence-electron chi connectivity index (χ1n) is 8.09. The highest BCUT2D eigenvalue weighted by atomic mass is 15.0. The van der Waals surface area contributed by atoms with Crippen LogP contribution in [0.2, 0.25) is 0 Å². The van der Waals surface area contributed by atoms with E-state index < -0.39 is 0 Å². The van der Waals surface area contributed by atoms with E-state index in [0.717, 1.165) is 22.6 Å². The van der Waals surface area contributed by atoms with Crippen LogP contribution in [0.4, 0.5) is 0 Å². The average molecular weight is 307 g/mol. The van der Waals surface area contributed by atoms with E-state index in [1.54, 1.807) is 0 Å². The summed E-state index contributed by atoms with van der Waals surface area (Å²) in [6.45, 7) is 10.8. The Labute approximate surface area is 138 Å². The van der Waals surface area contributed by atoms with E-state index in [2.05, 4.69) is 57.2 Å². The first-order valence-corrected chi connectivity index (χ1v) is 8.09. The van der Waals surface area contributed by atoms with E-state index in [-0.39, 0.29) is 11.5 Å². The zero-order valence-corrected chi connectivity index (χ0v) is 14.6. The molecule has 0 amide bonds. The fourth-order valence-corrected chi connectivity index (χ4v) is 2.98. The molecule has 3 rings (SSSR count). The third-order valence-electron chi connectivity index (χ3n) is 4.46. The van der Waals surface area contributed by atoms with Gasteiger partial charge in [-0.25, -0.2) is 4.98 Å². The summed E-state index contributed by atoms with van der Waals surface area (Å²) in [5.74, 6) is 0. The van der Waals surface area contributed by atoms with Gasteiger partial charge >= 0.3 is 0 Å². The van der Waals surface area contributed by atoms with Crippen LogP contribution in [0.3, 0.4) is 0 Å². The summed E-state index contributed by atoms with van der Waals surface area (Å²) in [7, 11) is 0. The molecule has 23 heavy (non-hydrogen) atoms. The molecule has 1 unspecified atom stereocenters. The maximum atomic E-state index is 6.68. The zero-order valence-electron chi connectivity index (χ0n) is 14.6. The van der Waals surface area contributed by atoms with Crippen molar-refractivity contribution >= 4 is 5.65 Å². The molecule has 0 bridgehead atoms. The van der Waals surface area contributed by atoms with Crippen molar-refractivity contribution in [2.45, 2.75) is 46.1 Å². The van der Waals surface area contributed by atoms with Crippen molar-refractivity contribution in [3.05, 3.63) is 70.7 Å². The van der Waals surface area contributed by atoms with Crippen molar-refractivity contribution in [1.29, 1.82) is 0 Å². The average Bonchev–Trinajstić information content (AvgIpc) is 2.89. The van der Waals surface area contributed by atoms with Crippen molar-refractivity contribution < 1.29 is 0 Å². The molecule has 3 aromatic rings. The summed E-state index contributed by atoms with van der Waals surface area (Å²) in [6, 6.07) is 12.3. The fraction of sp³-hybridized carbons (Fsp3) is 0.350. The van der Waals surface area contributed by atoms with Gasteiger partial charge in [0.2, 0.25) is 0 Å². The van der Waals surface area contributed by atoms with E-state index in [9.17, 15) is 0 Å². The predicted molar refractivity (Wildman–Crippen MR) is 95.8 cm³/mol. The molecule has 120 valence electrons. The molecular weight excluding hydrogens is 282 g/mol. The van der Waals surface area contributed by atoms with E-state index in [0.29, 0.717) is 0 Å². The molecule has 2 N–H and O–H groups in total. The molecule has 0 fully saturated rings. The van der Waals surface area contributed by atoms with E-state index in [1.807, 2.05) is 24.4 Å². The number of rotatable bonds is 2. The topological polar surface area (TPSA) is 43.3 Å². The van der Waals surface area contributed by atoms with Crippen LogP contribution in [-0.2, 0) is 5.41 Å². The van der Waals surface area contributed by atoms with E-state index >= 15 is 0 Å². The van der Waals surface area contributed by atoms with Crippen molar-refractivity contribution in [2.24, 2.45) is 5.73 Å². The van der Waals surface area contributed by atoms with Crippen molar-refractivity contribution in [3.8, 4) is 0 Å². The number of nitrogens with zero attached hydrogens (tertiary/aromatic N) is 2. The van der Waals surface area contributed by atoms with E-state index in [1.165, 1.54) is 11.1 Å². The van der Waals surface area contributed by atoms with Gasteiger partial charge in [0.1, 0.15) is 5.65 Å². The molecule has 3 heteroatoms. The molecule has 3 nitrogen and oxygen atoms in total. The van der Waals surface area contributed by atoms with Crippen LogP contribution in [0.5, 0.6) is 0 Å². The molecule has 0 aliphatic carbocycles. The Bertz CT molecular complexity index is 853. The number of benzene rings is 1. The monoisotopic (exact) mass is 307 g/mol. The van der Waals surface area contributed by atoms with Crippen LogP contribution in [0.25, 0.3) is 5.65 Å². The lowest BCUT2D eigenvalue weighted by molar-refractivity contribution is 0.558. The number of pyridine rings is 1. The van der Waals surface area contributed by atoms with Gasteiger partial charge in [-0.15, -0.1) is 0 Å². The highest BCUT2D eigenvalue weighted by molar-refractivity contribution is 5.48. The largest absolute Gasteiger partial charge is 0.319 e. The standard InChI is InChI=1S/C20H25N3/c1-13-9-10-15(12-14(13)2)17(21)18-19(20(3,4)5)22-16-8-6-7-11-23(16)18/h6-12,17H,21H2,1-5H3. The molecule has 2 heterocycles. The van der Waals surface area contributed by atoms with Gasteiger partial charge in [0.15, 0.2) is 0 Å². The number of nitrogens with two attached hydrogens (primary N) is 1. The Kier molecular flexibility index (Phi) is 3.77. The first-order chi connectivity index (χ1) is 10.8. The Morgan fingerprint density at radius 1 is 1.04 bits per heavy atom. The Balaban J connectivity index is 2.23. The summed E-state index contributed by atoms with van der Waals surface area (Å²) >= 11 is 0. The summed E-state index contributed by atoms with van der Waals surface area (Å²) in [5, 5.41) is 0. The Morgan fingerprint density at radius 2 is 1.78 bits per heavy atom. The molecule has 0 aliphatic rings. The van der Waals surface area contributed by atoms with Crippen LogP contribution in [0.15, 0.2) is 42.6 Å². The highest BCUT2D eigenvalue weighted by Gasteiger charge is 2.27. The van der Waals surface area contributed by atoms with Crippen LogP contribution in [-0.4, -0.2) is 9.38 Å². The van der Waals surface area contributed by atoms with Gasteiger partial charge in [0, 0.05) is 11.6 Å². The molecule has 0 radical (unpaired) electrons. The quantitative estimate of drug-likeness (QED) is 0.767. The minimum absolute atomic E-state index is 0.0568. The molecule has 0 saturated carbocycles. The summed E-state index contributed by atoms with van der Waals surface area (Å²) in [6.07, 6.45) is 2.05. The van der Waals surface area contributed by atoms with Gasteiger partial charge in [-0.1, -0.05) is 45.0 Å². The molecule has 2 aromatic heterocycles. The normalized spacial score (nSPS) is 13.5. The number of imidazole rings is 1. The molecule has 0 saturated heterocycles. The van der Waals surface area contributed by atoms with Crippen molar-refractivity contribution in [1.82, 2.24) is 9.38 Å². The number of fused-ring (bicyclic) bond motifs is 1. The van der Waals surface area contributed by atoms with E-state index in [4.69, 9.17) is 10.7 Å². The SMILES string of the molecule is Cc1ccc(C(N)c2c(C(C)(C)C)nc3ccccn23)cc1C. The zero-order chi connectivity index (χ0) is 16.8. The number of hydrogen-bond acceptors (Lipinski definition) is 2. The Hall–Kier alpha value is -2.13. The summed E-state index contributed by atoms with van der Waals surface area (Å²) < 4.78 is 2.13. The van der Waals surface area contributed by atoms with Crippen LogP contribution < -0.4 is 5.73 Å². The minimum atomic E-state index is -0.194. The molecule has 0 aliphatic heterocycles. The lowest BCUT2D eigenvalue weighted by Crippen LogP contribution is -2.22. The van der Waals surface area contributed by atoms with Gasteiger partial charge in [0.25, 0.3) is 0 Å². The summed E-state index contributed by atoms with van der Waals surface area (Å²) in [4.78, 5) is 4.85. The first kappa shape index (κ1) is 15.8. The van der Waals surface area contributed by atoms with Crippen molar-refractivity contribution in [2.75, 3.05) is 0 Å². The summed E-state index contributed by atoms with van der Waals surface area (Å²) in [5.41, 5.74) is 13.4. The number of aryl methyl sites for hydroxylation is 2. The smallest absolute Gasteiger partial charge is 0.137 e. The van der Waals surface area contributed by atoms with Crippen LogP contribution in [0, 0.1) is 13.8 Å². The Morgan fingerprint density at radius 3 is 2.43 bits per heavy atom. The molecular formula is C20H25N3. The second-order valence-corrected chi connectivity index (χ2v) is 7.35. The lowest BCUT2D eigenvalue weighted by Gasteiger charge is -2.22. The second-order valence-electron chi connectivity index (χ2n) is 7.35. The fourth-order valence-electron chi connectivity index (χ4n) is 2.98. The number of hydrogen-bond donors (Lipinski definition) is 1. The maximum Gasteiger partial charge on any atom is 0.137 e. The third-order valence-corrected chi connectivity index (χ3v) is 4.46. The van der Waals surface area contributed by atoms with Crippen LogP contribution >= 0.6 is 0 Å². The highest BCUT2D eigenvalue weighted by Crippen LogP contribution is 2.32. The van der Waals surface area contributed by atoms with Crippen LogP contribution in [0.1, 0.15) is 54.9 Å². The third kappa shape index (κ3) is 2.77. The van der Waals surface area contributed by atoms with Crippen molar-refractivity contribution in [3.63, 3.8) is 0 Å². The molecule has 1 aromatic carbocycles.